The summed E-state index contributed by atoms with van der Waals surface area (Å²) >= 11 is 0. The Kier molecular flexibility index (Phi) is 4.98. The SMILES string of the molecule is CCCOC(=O)COc1ccc2c(CC)cc(=O)oc2c1. The number of carbonyl (C=O) groups is 1. The van der Waals surface area contributed by atoms with Crippen LogP contribution >= 0.6 is 0 Å². The largest absolute Gasteiger partial charge is 0.482 e. The normalized spacial score (nSPS) is 10.6. The third-order valence-corrected chi connectivity index (χ3v) is 3.01. The van der Waals surface area contributed by atoms with E-state index in [0.717, 1.165) is 23.8 Å². The maximum absolute atomic E-state index is 11.5. The number of carbonyl (C=O) groups excluding carboxylic acids is 1. The minimum atomic E-state index is -0.416. The lowest BCUT2D eigenvalue weighted by atomic mass is 10.1. The van der Waals surface area contributed by atoms with Crippen molar-refractivity contribution in [3.05, 3.63) is 40.2 Å². The van der Waals surface area contributed by atoms with Crippen LogP contribution in [0.4, 0.5) is 0 Å². The Balaban J connectivity index is 2.15. The summed E-state index contributed by atoms with van der Waals surface area (Å²) in [5, 5.41) is 0.873. The van der Waals surface area contributed by atoms with Crippen LogP contribution < -0.4 is 10.4 Å². The fourth-order valence-electron chi connectivity index (χ4n) is 1.99. The number of aryl methyl sites for hydroxylation is 1. The predicted molar refractivity (Wildman–Crippen MR) is 78.6 cm³/mol. The van der Waals surface area contributed by atoms with E-state index in [0.29, 0.717) is 17.9 Å². The van der Waals surface area contributed by atoms with Gasteiger partial charge in [0.05, 0.1) is 6.61 Å². The smallest absolute Gasteiger partial charge is 0.344 e. The first kappa shape index (κ1) is 15.1. The van der Waals surface area contributed by atoms with Gasteiger partial charge in [0.25, 0.3) is 0 Å². The Morgan fingerprint density at radius 2 is 2.05 bits per heavy atom. The Labute approximate surface area is 122 Å². The Morgan fingerprint density at radius 1 is 1.24 bits per heavy atom. The minimum absolute atomic E-state index is 0.163. The molecule has 1 aromatic carbocycles. The molecule has 0 fully saturated rings. The zero-order chi connectivity index (χ0) is 15.2. The van der Waals surface area contributed by atoms with E-state index in [1.54, 1.807) is 12.1 Å². The first-order valence-corrected chi connectivity index (χ1v) is 6.99. The summed E-state index contributed by atoms with van der Waals surface area (Å²) < 4.78 is 15.4. The molecule has 0 radical (unpaired) electrons. The van der Waals surface area contributed by atoms with Gasteiger partial charge in [0, 0.05) is 17.5 Å². The summed E-state index contributed by atoms with van der Waals surface area (Å²) in [5.41, 5.74) is 0.993. The van der Waals surface area contributed by atoms with Gasteiger partial charge in [0.15, 0.2) is 6.61 Å². The molecule has 0 aliphatic carbocycles. The Bertz CT molecular complexity index is 687. The third-order valence-electron chi connectivity index (χ3n) is 3.01. The Hall–Kier alpha value is -2.30. The van der Waals surface area contributed by atoms with Crippen molar-refractivity contribution in [2.24, 2.45) is 0 Å². The molecule has 5 nitrogen and oxygen atoms in total. The number of rotatable bonds is 6. The summed E-state index contributed by atoms with van der Waals surface area (Å²) in [6.07, 6.45) is 1.51. The molecule has 1 heterocycles. The second kappa shape index (κ2) is 6.92. The van der Waals surface area contributed by atoms with Crippen molar-refractivity contribution in [3.8, 4) is 5.75 Å². The monoisotopic (exact) mass is 290 g/mol. The lowest BCUT2D eigenvalue weighted by Crippen LogP contribution is -2.15. The number of benzene rings is 1. The summed E-state index contributed by atoms with van der Waals surface area (Å²) in [7, 11) is 0. The van der Waals surface area contributed by atoms with Crippen LogP contribution in [0.3, 0.4) is 0 Å². The van der Waals surface area contributed by atoms with E-state index in [9.17, 15) is 9.59 Å². The van der Waals surface area contributed by atoms with E-state index in [-0.39, 0.29) is 12.2 Å². The summed E-state index contributed by atoms with van der Waals surface area (Å²) in [4.78, 5) is 22.8. The van der Waals surface area contributed by atoms with Gasteiger partial charge in [0.1, 0.15) is 11.3 Å². The average molecular weight is 290 g/mol. The molecule has 5 heteroatoms. The zero-order valence-corrected chi connectivity index (χ0v) is 12.2. The second-order valence-electron chi connectivity index (χ2n) is 4.61. The lowest BCUT2D eigenvalue weighted by Gasteiger charge is -2.08. The molecule has 0 aliphatic rings. The number of esters is 1. The van der Waals surface area contributed by atoms with Crippen molar-refractivity contribution in [2.45, 2.75) is 26.7 Å². The van der Waals surface area contributed by atoms with E-state index in [2.05, 4.69) is 0 Å². The van der Waals surface area contributed by atoms with E-state index >= 15 is 0 Å². The highest BCUT2D eigenvalue weighted by atomic mass is 16.6. The molecule has 2 rings (SSSR count). The van der Waals surface area contributed by atoms with E-state index in [1.807, 2.05) is 19.9 Å². The van der Waals surface area contributed by atoms with Gasteiger partial charge in [0.2, 0.25) is 0 Å². The second-order valence-corrected chi connectivity index (χ2v) is 4.61. The van der Waals surface area contributed by atoms with Gasteiger partial charge < -0.3 is 13.9 Å². The average Bonchev–Trinajstić information content (AvgIpc) is 2.49. The molecule has 0 bridgehead atoms. The molecule has 1 aromatic heterocycles. The first-order valence-electron chi connectivity index (χ1n) is 6.99. The summed E-state index contributed by atoms with van der Waals surface area (Å²) in [6, 6.07) is 6.67. The van der Waals surface area contributed by atoms with Gasteiger partial charge in [-0.2, -0.15) is 0 Å². The predicted octanol–water partition coefficient (Wildman–Crippen LogP) is 2.69. The van der Waals surface area contributed by atoms with Crippen molar-refractivity contribution in [1.82, 2.24) is 0 Å². The summed E-state index contributed by atoms with van der Waals surface area (Å²) in [5.74, 6) is 0.0491. The highest BCUT2D eigenvalue weighted by molar-refractivity contribution is 5.81. The molecule has 0 unspecified atom stereocenters. The van der Waals surface area contributed by atoms with Crippen LogP contribution in [-0.4, -0.2) is 19.2 Å². The standard InChI is InChI=1S/C16H18O5/c1-3-7-19-16(18)10-20-12-5-6-13-11(4-2)8-15(17)21-14(13)9-12/h5-6,8-9H,3-4,7,10H2,1-2H3. The van der Waals surface area contributed by atoms with Crippen LogP contribution in [0.2, 0.25) is 0 Å². The molecule has 0 aliphatic heterocycles. The van der Waals surface area contributed by atoms with Gasteiger partial charge in [-0.25, -0.2) is 9.59 Å². The molecule has 0 spiro atoms. The number of ether oxygens (including phenoxy) is 2. The van der Waals surface area contributed by atoms with Crippen LogP contribution in [-0.2, 0) is 16.0 Å². The Morgan fingerprint density at radius 3 is 2.76 bits per heavy atom. The highest BCUT2D eigenvalue weighted by Crippen LogP contribution is 2.23. The van der Waals surface area contributed by atoms with Crippen molar-refractivity contribution in [3.63, 3.8) is 0 Å². The topological polar surface area (TPSA) is 65.7 Å². The van der Waals surface area contributed by atoms with E-state index in [4.69, 9.17) is 13.9 Å². The fraction of sp³-hybridized carbons (Fsp3) is 0.375. The molecule has 0 amide bonds. The van der Waals surface area contributed by atoms with E-state index in [1.165, 1.54) is 6.07 Å². The van der Waals surface area contributed by atoms with Crippen LogP contribution in [0.1, 0.15) is 25.8 Å². The molecule has 2 aromatic rings. The van der Waals surface area contributed by atoms with Crippen LogP contribution in [0.15, 0.2) is 33.5 Å². The maximum Gasteiger partial charge on any atom is 0.344 e. The fourth-order valence-corrected chi connectivity index (χ4v) is 1.99. The van der Waals surface area contributed by atoms with Crippen molar-refractivity contribution in [1.29, 1.82) is 0 Å². The highest BCUT2D eigenvalue weighted by Gasteiger charge is 2.08. The molecular formula is C16H18O5. The van der Waals surface area contributed by atoms with E-state index < -0.39 is 5.97 Å². The van der Waals surface area contributed by atoms with Gasteiger partial charge in [-0.05, 0) is 30.5 Å². The first-order chi connectivity index (χ1) is 10.1. The van der Waals surface area contributed by atoms with Crippen LogP contribution in [0, 0.1) is 0 Å². The molecule has 0 saturated heterocycles. The molecular weight excluding hydrogens is 272 g/mol. The van der Waals surface area contributed by atoms with Crippen molar-refractivity contribution in [2.75, 3.05) is 13.2 Å². The number of fused-ring (bicyclic) bond motifs is 1. The summed E-state index contributed by atoms with van der Waals surface area (Å²) in [6.45, 7) is 4.12. The zero-order valence-electron chi connectivity index (χ0n) is 12.2. The van der Waals surface area contributed by atoms with Crippen LogP contribution in [0.25, 0.3) is 11.0 Å². The minimum Gasteiger partial charge on any atom is -0.482 e. The van der Waals surface area contributed by atoms with Gasteiger partial charge in [-0.3, -0.25) is 0 Å². The van der Waals surface area contributed by atoms with Gasteiger partial charge >= 0.3 is 11.6 Å². The van der Waals surface area contributed by atoms with Gasteiger partial charge in [-0.15, -0.1) is 0 Å². The molecule has 0 N–H and O–H groups in total. The number of hydrogen-bond donors (Lipinski definition) is 0. The molecule has 0 saturated carbocycles. The van der Waals surface area contributed by atoms with Gasteiger partial charge in [-0.1, -0.05) is 13.8 Å². The maximum atomic E-state index is 11.5. The molecule has 112 valence electrons. The molecule has 21 heavy (non-hydrogen) atoms. The lowest BCUT2D eigenvalue weighted by molar-refractivity contribution is -0.146. The van der Waals surface area contributed by atoms with Crippen LogP contribution in [0.5, 0.6) is 5.75 Å². The quantitative estimate of drug-likeness (QED) is 0.604. The van der Waals surface area contributed by atoms with Crippen molar-refractivity contribution >= 4 is 16.9 Å². The molecule has 0 atom stereocenters. The third kappa shape index (κ3) is 3.84. The number of hydrogen-bond acceptors (Lipinski definition) is 5. The van der Waals surface area contributed by atoms with Crippen molar-refractivity contribution < 1.29 is 18.7 Å².